The van der Waals surface area contributed by atoms with Crippen LogP contribution in [0.2, 0.25) is 0 Å². The molecule has 1 heterocycles. The predicted molar refractivity (Wildman–Crippen MR) is 183 cm³/mol. The fourth-order valence-corrected chi connectivity index (χ4v) is 5.80. The Morgan fingerprint density at radius 3 is 1.84 bits per heavy atom. The highest BCUT2D eigenvalue weighted by atomic mass is 16.6. The van der Waals surface area contributed by atoms with Gasteiger partial charge in [0.2, 0.25) is 11.8 Å². The minimum atomic E-state index is -1.30. The zero-order chi connectivity index (χ0) is 37.2. The van der Waals surface area contributed by atoms with Gasteiger partial charge >= 0.3 is 11.9 Å². The van der Waals surface area contributed by atoms with Crippen LogP contribution in [0.15, 0.2) is 24.3 Å². The molecule has 2 N–H and O–H groups in total. The normalized spacial score (nSPS) is 25.8. The lowest BCUT2D eigenvalue weighted by Crippen LogP contribution is -2.56. The van der Waals surface area contributed by atoms with E-state index in [2.05, 4.69) is 10.6 Å². The molecule has 1 saturated heterocycles. The molecule has 1 aliphatic heterocycles. The van der Waals surface area contributed by atoms with E-state index in [1.165, 1.54) is 31.0 Å². The summed E-state index contributed by atoms with van der Waals surface area (Å²) in [7, 11) is 4.43. The number of hydrogen-bond acceptors (Lipinski definition) is 9. The molecular formula is C36H56N4O9. The van der Waals surface area contributed by atoms with Crippen molar-refractivity contribution in [2.45, 2.75) is 105 Å². The average molecular weight is 689 g/mol. The molecule has 0 saturated carbocycles. The minimum Gasteiger partial charge on any atom is -0.497 e. The number of hydrogen-bond donors (Lipinski definition) is 2. The Morgan fingerprint density at radius 2 is 1.35 bits per heavy atom. The first-order valence-corrected chi connectivity index (χ1v) is 17.1. The molecular weight excluding hydrogens is 632 g/mol. The summed E-state index contributed by atoms with van der Waals surface area (Å²) in [4.78, 5) is 84.5. The number of amides is 4. The van der Waals surface area contributed by atoms with Crippen LogP contribution < -0.4 is 15.4 Å². The van der Waals surface area contributed by atoms with Gasteiger partial charge in [-0.1, -0.05) is 67.0 Å². The highest BCUT2D eigenvalue weighted by Crippen LogP contribution is 2.23. The van der Waals surface area contributed by atoms with Crippen molar-refractivity contribution in [3.8, 4) is 5.75 Å². The molecule has 13 nitrogen and oxygen atoms in total. The third-order valence-electron chi connectivity index (χ3n) is 8.87. The molecule has 1 fully saturated rings. The number of rotatable bonds is 8. The third kappa shape index (κ3) is 10.9. The van der Waals surface area contributed by atoms with Crippen LogP contribution in [0.3, 0.4) is 0 Å². The fourth-order valence-electron chi connectivity index (χ4n) is 5.80. The van der Waals surface area contributed by atoms with Gasteiger partial charge in [0.05, 0.1) is 19.6 Å². The number of ether oxygens (including phenoxy) is 3. The van der Waals surface area contributed by atoms with E-state index < -0.39 is 96.1 Å². The first-order chi connectivity index (χ1) is 22.9. The van der Waals surface area contributed by atoms with Gasteiger partial charge in [-0.05, 0) is 48.8 Å². The number of nitrogens with zero attached hydrogens (tertiary/aromatic N) is 2. The molecule has 0 radical (unpaired) electrons. The van der Waals surface area contributed by atoms with Gasteiger partial charge in [-0.15, -0.1) is 0 Å². The van der Waals surface area contributed by atoms with Crippen molar-refractivity contribution in [2.24, 2.45) is 23.7 Å². The predicted octanol–water partition coefficient (Wildman–Crippen LogP) is 2.73. The lowest BCUT2D eigenvalue weighted by atomic mass is 9.96. The summed E-state index contributed by atoms with van der Waals surface area (Å²) >= 11 is 0. The Kier molecular flexibility index (Phi) is 15.5. The van der Waals surface area contributed by atoms with E-state index in [1.807, 2.05) is 6.92 Å². The Hall–Kier alpha value is -4.16. The Labute approximate surface area is 290 Å². The number of nitrogens with one attached hydrogen (secondary N) is 2. The summed E-state index contributed by atoms with van der Waals surface area (Å²) in [6, 6.07) is 4.16. The second kappa shape index (κ2) is 18.6. The van der Waals surface area contributed by atoms with Gasteiger partial charge in [0.25, 0.3) is 11.8 Å². The van der Waals surface area contributed by atoms with Crippen LogP contribution in [0.25, 0.3) is 0 Å². The van der Waals surface area contributed by atoms with E-state index in [0.29, 0.717) is 18.6 Å². The van der Waals surface area contributed by atoms with Crippen molar-refractivity contribution in [3.63, 3.8) is 0 Å². The molecule has 1 aliphatic rings. The molecule has 0 spiro atoms. The van der Waals surface area contributed by atoms with E-state index in [-0.39, 0.29) is 6.42 Å². The first kappa shape index (κ1) is 41.0. The molecule has 4 amide bonds. The smallest absolute Gasteiger partial charge is 0.329 e. The molecule has 49 heavy (non-hydrogen) atoms. The van der Waals surface area contributed by atoms with Crippen LogP contribution in [-0.4, -0.2) is 103 Å². The van der Waals surface area contributed by atoms with E-state index in [0.717, 1.165) is 5.56 Å². The summed E-state index contributed by atoms with van der Waals surface area (Å²) in [6.45, 7) is 13.5. The van der Waals surface area contributed by atoms with E-state index in [4.69, 9.17) is 14.2 Å². The van der Waals surface area contributed by atoms with Crippen molar-refractivity contribution in [1.82, 2.24) is 20.4 Å². The van der Waals surface area contributed by atoms with Gasteiger partial charge < -0.3 is 34.6 Å². The number of methoxy groups -OCH3 is 1. The monoisotopic (exact) mass is 688 g/mol. The van der Waals surface area contributed by atoms with Crippen molar-refractivity contribution >= 4 is 35.6 Å². The van der Waals surface area contributed by atoms with Crippen LogP contribution in [0.5, 0.6) is 5.75 Å². The summed E-state index contributed by atoms with van der Waals surface area (Å²) in [6.07, 6.45) is -1.36. The Bertz CT molecular complexity index is 1310. The molecule has 2 rings (SSSR count). The number of benzene rings is 1. The maximum absolute atomic E-state index is 14.1. The van der Waals surface area contributed by atoms with E-state index >= 15 is 0 Å². The Balaban J connectivity index is 2.64. The largest absolute Gasteiger partial charge is 0.497 e. The molecule has 274 valence electrons. The number of carbonyl (C=O) groups excluding carboxylic acids is 6. The summed E-state index contributed by atoms with van der Waals surface area (Å²) in [5.74, 6) is -5.44. The van der Waals surface area contributed by atoms with Gasteiger partial charge in [0.15, 0.2) is 12.2 Å². The quantitative estimate of drug-likeness (QED) is 0.392. The molecule has 1 aromatic carbocycles. The van der Waals surface area contributed by atoms with Crippen LogP contribution in [0.1, 0.15) is 73.8 Å². The minimum absolute atomic E-state index is 0.0855. The summed E-state index contributed by atoms with van der Waals surface area (Å²) < 4.78 is 16.9. The topological polar surface area (TPSA) is 161 Å². The molecule has 0 aromatic heterocycles. The van der Waals surface area contributed by atoms with E-state index in [1.54, 1.807) is 72.7 Å². The van der Waals surface area contributed by atoms with Gasteiger partial charge in [-0.25, -0.2) is 4.79 Å². The van der Waals surface area contributed by atoms with Crippen LogP contribution in [0, 0.1) is 23.7 Å². The molecule has 6 atom stereocenters. The lowest BCUT2D eigenvalue weighted by molar-refractivity contribution is -0.175. The van der Waals surface area contributed by atoms with E-state index in [9.17, 15) is 28.8 Å². The second-order valence-electron chi connectivity index (χ2n) is 13.8. The zero-order valence-electron chi connectivity index (χ0n) is 30.9. The number of carbonyl (C=O) groups is 6. The van der Waals surface area contributed by atoms with Crippen LogP contribution in [0.4, 0.5) is 0 Å². The molecule has 1 aromatic rings. The summed E-state index contributed by atoms with van der Waals surface area (Å²) in [5.41, 5.74) is 0.719. The number of esters is 2. The molecule has 0 bridgehead atoms. The highest BCUT2D eigenvalue weighted by molar-refractivity contribution is 5.94. The standard InChI is InChI=1S/C36H56N4O9/c1-12-13-26-23(8)35(45)48-31(22(6)7)34(44)40(10)29(20(2)3)36(46)49-30(21(4)5)33(43)39(9)27(32(42)37-19-28(41)38-26)18-24-14-16-25(47-11)17-15-24/h14-17,20-23,26-27,29-31H,12-13,18-19H2,1-11H3,(H,37,42)(H,38,41)/t23-,26+,27+,29-,30-,31-/m0/s1. The molecule has 13 heteroatoms. The van der Waals surface area contributed by atoms with Gasteiger partial charge in [0, 0.05) is 26.6 Å². The van der Waals surface area contributed by atoms with Gasteiger partial charge in [-0.3, -0.25) is 24.0 Å². The SMILES string of the molecule is CCC[C@H]1NC(=O)CNC(=O)[C@@H](Cc2ccc(OC)cc2)N(C)C(=O)[C@H](C(C)C)OC(=O)[C@H](C(C)C)N(C)C(=O)[C@H](C(C)C)OC(=O)[C@H]1C. The van der Waals surface area contributed by atoms with Crippen molar-refractivity contribution in [3.05, 3.63) is 29.8 Å². The van der Waals surface area contributed by atoms with Crippen LogP contribution >= 0.6 is 0 Å². The third-order valence-corrected chi connectivity index (χ3v) is 8.87. The molecule has 0 aliphatic carbocycles. The van der Waals surface area contributed by atoms with Crippen LogP contribution in [-0.2, 0) is 44.7 Å². The van der Waals surface area contributed by atoms with Crippen molar-refractivity contribution < 1.29 is 43.0 Å². The maximum Gasteiger partial charge on any atom is 0.329 e. The number of cyclic esters (lactones) is 2. The number of likely N-dealkylation sites (N-methyl/N-ethyl adjacent to an activating group) is 2. The first-order valence-electron chi connectivity index (χ1n) is 17.1. The van der Waals surface area contributed by atoms with Crippen molar-refractivity contribution in [1.29, 1.82) is 0 Å². The Morgan fingerprint density at radius 1 is 0.816 bits per heavy atom. The maximum atomic E-state index is 14.1. The van der Waals surface area contributed by atoms with Gasteiger partial charge in [0.1, 0.15) is 17.8 Å². The van der Waals surface area contributed by atoms with Crippen molar-refractivity contribution in [2.75, 3.05) is 27.7 Å². The lowest BCUT2D eigenvalue weighted by Gasteiger charge is -2.36. The average Bonchev–Trinajstić information content (AvgIpc) is 3.05. The van der Waals surface area contributed by atoms with Gasteiger partial charge in [-0.2, -0.15) is 0 Å². The highest BCUT2D eigenvalue weighted by Gasteiger charge is 2.42. The second-order valence-corrected chi connectivity index (χ2v) is 13.8. The molecule has 0 unspecified atom stereocenters. The zero-order valence-corrected chi connectivity index (χ0v) is 30.9. The summed E-state index contributed by atoms with van der Waals surface area (Å²) in [5, 5.41) is 5.48. The fraction of sp³-hybridized carbons (Fsp3) is 0.667.